The topological polar surface area (TPSA) is 53.6 Å². The molecule has 1 saturated carbocycles. The van der Waals surface area contributed by atoms with Gasteiger partial charge >= 0.3 is 0 Å². The molecule has 0 aromatic rings. The zero-order valence-corrected chi connectivity index (χ0v) is 14.1. The van der Waals surface area contributed by atoms with E-state index >= 15 is 0 Å². The summed E-state index contributed by atoms with van der Waals surface area (Å²) in [6.45, 7) is 3.49. The van der Waals surface area contributed by atoms with E-state index in [4.69, 9.17) is 16.3 Å². The zero-order valence-electron chi connectivity index (χ0n) is 13.4. The van der Waals surface area contributed by atoms with Gasteiger partial charge in [-0.15, -0.1) is 11.6 Å². The summed E-state index contributed by atoms with van der Waals surface area (Å²) in [5.74, 6) is 0.156. The maximum Gasteiger partial charge on any atom is 0.226 e. The average Bonchev–Trinajstić information content (AvgIpc) is 3.16. The van der Waals surface area contributed by atoms with Crippen molar-refractivity contribution in [3.63, 3.8) is 0 Å². The second-order valence-corrected chi connectivity index (χ2v) is 7.49. The molecule has 0 aromatic heterocycles. The van der Waals surface area contributed by atoms with Crippen LogP contribution >= 0.6 is 11.6 Å². The van der Waals surface area contributed by atoms with Crippen molar-refractivity contribution in [3.8, 4) is 0 Å². The van der Waals surface area contributed by atoms with Crippen molar-refractivity contribution in [2.24, 2.45) is 5.92 Å². The van der Waals surface area contributed by atoms with Crippen molar-refractivity contribution in [2.45, 2.75) is 75.5 Å². The van der Waals surface area contributed by atoms with Gasteiger partial charge in [-0.25, -0.2) is 10.4 Å². The third-order valence-corrected chi connectivity index (χ3v) is 5.67. The highest BCUT2D eigenvalue weighted by atomic mass is 35.5. The lowest BCUT2D eigenvalue weighted by molar-refractivity contribution is -0.126. The lowest BCUT2D eigenvalue weighted by atomic mass is 9.93. The molecular weight excluding hydrogens is 302 g/mol. The summed E-state index contributed by atoms with van der Waals surface area (Å²) in [7, 11) is 0. The fourth-order valence-electron chi connectivity index (χ4n) is 3.97. The van der Waals surface area contributed by atoms with Gasteiger partial charge in [-0.1, -0.05) is 13.3 Å². The van der Waals surface area contributed by atoms with Crippen LogP contribution in [0.15, 0.2) is 0 Å². The van der Waals surface area contributed by atoms with Crippen molar-refractivity contribution in [3.05, 3.63) is 0 Å². The highest BCUT2D eigenvalue weighted by Gasteiger charge is 2.38. The molecule has 2 heterocycles. The third kappa shape index (κ3) is 3.75. The standard InChI is InChI=1S/C16H28ClN3O2/c1-2-13-9-15(18-16(21)11-6-7-22-10-11)19-20(13)14-5-3-4-12(17)8-14/h11-15,19H,2-10H2,1H3,(H,18,21). The first-order chi connectivity index (χ1) is 10.7. The molecule has 1 amide bonds. The summed E-state index contributed by atoms with van der Waals surface area (Å²) in [5.41, 5.74) is 3.54. The Labute approximate surface area is 138 Å². The van der Waals surface area contributed by atoms with Crippen LogP contribution < -0.4 is 10.7 Å². The number of ether oxygens (including phenoxy) is 1. The van der Waals surface area contributed by atoms with Crippen molar-refractivity contribution >= 4 is 17.5 Å². The SMILES string of the molecule is CCC1CC(NC(=O)C2CCOC2)NN1C1CCCC(Cl)C1. The minimum absolute atomic E-state index is 0.0258. The van der Waals surface area contributed by atoms with E-state index in [2.05, 4.69) is 22.7 Å². The van der Waals surface area contributed by atoms with E-state index in [0.717, 1.165) is 32.1 Å². The van der Waals surface area contributed by atoms with Gasteiger partial charge in [0.15, 0.2) is 0 Å². The van der Waals surface area contributed by atoms with E-state index in [1.807, 2.05) is 0 Å². The van der Waals surface area contributed by atoms with E-state index in [1.165, 1.54) is 12.8 Å². The minimum Gasteiger partial charge on any atom is -0.381 e. The molecule has 3 rings (SSSR count). The molecule has 5 atom stereocenters. The Balaban J connectivity index is 1.55. The molecule has 22 heavy (non-hydrogen) atoms. The van der Waals surface area contributed by atoms with Gasteiger partial charge in [0, 0.05) is 24.1 Å². The highest BCUT2D eigenvalue weighted by Crippen LogP contribution is 2.30. The van der Waals surface area contributed by atoms with Crippen LogP contribution in [0.4, 0.5) is 0 Å². The molecular formula is C16H28ClN3O2. The van der Waals surface area contributed by atoms with Gasteiger partial charge in [0.05, 0.1) is 18.7 Å². The summed E-state index contributed by atoms with van der Waals surface area (Å²) in [5, 5.41) is 5.83. The summed E-state index contributed by atoms with van der Waals surface area (Å²) < 4.78 is 5.31. The molecule has 3 fully saturated rings. The van der Waals surface area contributed by atoms with Crippen molar-refractivity contribution in [1.29, 1.82) is 0 Å². The van der Waals surface area contributed by atoms with Crippen LogP contribution in [0.3, 0.4) is 0 Å². The molecule has 3 aliphatic rings. The molecule has 0 spiro atoms. The first kappa shape index (κ1) is 16.5. The Morgan fingerprint density at radius 2 is 2.23 bits per heavy atom. The number of hydrazine groups is 1. The molecule has 126 valence electrons. The van der Waals surface area contributed by atoms with Crippen molar-refractivity contribution < 1.29 is 9.53 Å². The number of alkyl halides is 1. The number of hydrogen-bond acceptors (Lipinski definition) is 4. The van der Waals surface area contributed by atoms with Gasteiger partial charge in [-0.05, 0) is 38.5 Å². The molecule has 0 radical (unpaired) electrons. The summed E-state index contributed by atoms with van der Waals surface area (Å²) in [6, 6.07) is 0.981. The number of amides is 1. The number of hydrogen-bond donors (Lipinski definition) is 2. The largest absolute Gasteiger partial charge is 0.381 e. The van der Waals surface area contributed by atoms with Gasteiger partial charge in [0.25, 0.3) is 0 Å². The zero-order chi connectivity index (χ0) is 15.5. The predicted molar refractivity (Wildman–Crippen MR) is 86.4 cm³/mol. The molecule has 6 heteroatoms. The van der Waals surface area contributed by atoms with Crippen molar-refractivity contribution in [2.75, 3.05) is 13.2 Å². The van der Waals surface area contributed by atoms with Crippen molar-refractivity contribution in [1.82, 2.24) is 15.8 Å². The first-order valence-electron chi connectivity index (χ1n) is 8.74. The number of rotatable bonds is 4. The normalized spacial score (nSPS) is 40.0. The van der Waals surface area contributed by atoms with Gasteiger partial charge in [0.1, 0.15) is 0 Å². The maximum absolute atomic E-state index is 12.3. The summed E-state index contributed by atoms with van der Waals surface area (Å²) in [6.07, 6.45) is 7.53. The Bertz CT molecular complexity index is 390. The summed E-state index contributed by atoms with van der Waals surface area (Å²) in [4.78, 5) is 12.3. The lowest BCUT2D eigenvalue weighted by Gasteiger charge is -2.36. The van der Waals surface area contributed by atoms with E-state index in [1.54, 1.807) is 0 Å². The Kier molecular flexibility index (Phi) is 5.60. The van der Waals surface area contributed by atoms with E-state index < -0.39 is 0 Å². The second-order valence-electron chi connectivity index (χ2n) is 6.87. The monoisotopic (exact) mass is 329 g/mol. The molecule has 0 aromatic carbocycles. The number of carbonyl (C=O) groups is 1. The van der Waals surface area contributed by atoms with Gasteiger partial charge < -0.3 is 10.1 Å². The van der Waals surface area contributed by atoms with Crippen LogP contribution in [0.25, 0.3) is 0 Å². The number of halogens is 1. The van der Waals surface area contributed by atoms with Crippen LogP contribution in [-0.2, 0) is 9.53 Å². The Morgan fingerprint density at radius 1 is 1.36 bits per heavy atom. The number of nitrogens with zero attached hydrogens (tertiary/aromatic N) is 1. The highest BCUT2D eigenvalue weighted by molar-refractivity contribution is 6.20. The van der Waals surface area contributed by atoms with Crippen LogP contribution in [0.1, 0.15) is 51.9 Å². The van der Waals surface area contributed by atoms with Crippen LogP contribution in [0.2, 0.25) is 0 Å². The summed E-state index contributed by atoms with van der Waals surface area (Å²) >= 11 is 6.35. The van der Waals surface area contributed by atoms with Crippen LogP contribution in [0, 0.1) is 5.92 Å². The molecule has 0 bridgehead atoms. The van der Waals surface area contributed by atoms with E-state index in [0.29, 0.717) is 30.7 Å². The number of nitrogens with one attached hydrogen (secondary N) is 2. The second kappa shape index (κ2) is 7.47. The van der Waals surface area contributed by atoms with Gasteiger partial charge in [0.2, 0.25) is 5.91 Å². The molecule has 2 N–H and O–H groups in total. The fourth-order valence-corrected chi connectivity index (χ4v) is 4.33. The van der Waals surface area contributed by atoms with Crippen LogP contribution in [-0.4, -0.2) is 47.8 Å². The fraction of sp³-hybridized carbons (Fsp3) is 0.938. The predicted octanol–water partition coefficient (Wildman–Crippen LogP) is 2.00. The van der Waals surface area contributed by atoms with Gasteiger partial charge in [-0.2, -0.15) is 0 Å². The first-order valence-corrected chi connectivity index (χ1v) is 9.17. The third-order valence-electron chi connectivity index (χ3n) is 5.27. The van der Waals surface area contributed by atoms with Gasteiger partial charge in [-0.3, -0.25) is 4.79 Å². The van der Waals surface area contributed by atoms with E-state index in [-0.39, 0.29) is 18.0 Å². The smallest absolute Gasteiger partial charge is 0.226 e. The Morgan fingerprint density at radius 3 is 2.91 bits per heavy atom. The molecule has 5 unspecified atom stereocenters. The minimum atomic E-state index is 0.0258. The molecule has 2 saturated heterocycles. The Hall–Kier alpha value is -0.360. The average molecular weight is 330 g/mol. The molecule has 2 aliphatic heterocycles. The van der Waals surface area contributed by atoms with Crippen LogP contribution in [0.5, 0.6) is 0 Å². The maximum atomic E-state index is 12.3. The van der Waals surface area contributed by atoms with E-state index in [9.17, 15) is 4.79 Å². The number of carbonyl (C=O) groups excluding carboxylic acids is 1. The quantitative estimate of drug-likeness (QED) is 0.775. The molecule has 1 aliphatic carbocycles. The molecule has 5 nitrogen and oxygen atoms in total. The lowest BCUT2D eigenvalue weighted by Crippen LogP contribution is -2.52.